The van der Waals surface area contributed by atoms with Crippen molar-refractivity contribution in [2.45, 2.75) is 25.8 Å². The number of hydrogen-bond acceptors (Lipinski definition) is 3. The molecule has 1 heterocycles. The molecule has 1 aromatic carbocycles. The van der Waals surface area contributed by atoms with E-state index >= 15 is 0 Å². The molecule has 0 spiro atoms. The van der Waals surface area contributed by atoms with E-state index in [1.54, 1.807) is 14.2 Å². The van der Waals surface area contributed by atoms with Gasteiger partial charge in [0.25, 0.3) is 0 Å². The Bertz CT molecular complexity index is 475. The fourth-order valence-corrected chi connectivity index (χ4v) is 2.76. The average molecular weight is 432 g/mol. The van der Waals surface area contributed by atoms with Gasteiger partial charge in [0, 0.05) is 25.7 Å². The second-order valence-corrected chi connectivity index (χ2v) is 5.57. The van der Waals surface area contributed by atoms with Crippen LogP contribution in [0.3, 0.4) is 0 Å². The van der Waals surface area contributed by atoms with Gasteiger partial charge in [-0.2, -0.15) is 0 Å². The summed E-state index contributed by atoms with van der Waals surface area (Å²) in [6, 6.07) is 8.04. The molecule has 0 unspecified atom stereocenters. The van der Waals surface area contributed by atoms with Crippen molar-refractivity contribution in [3.63, 3.8) is 0 Å². The molecule has 23 heavy (non-hydrogen) atoms. The summed E-state index contributed by atoms with van der Waals surface area (Å²) < 4.78 is 5.36. The monoisotopic (exact) mass is 432 g/mol. The predicted molar refractivity (Wildman–Crippen MR) is 107 cm³/mol. The summed E-state index contributed by atoms with van der Waals surface area (Å²) in [6.07, 6.45) is 3.86. The SMILES string of the molecule is CN=C(NCCCN1CCCC1)NCc1ccccc1OC.I. The average Bonchev–Trinajstić information content (AvgIpc) is 3.08. The fraction of sp³-hybridized carbons (Fsp3) is 0.588. The van der Waals surface area contributed by atoms with E-state index in [9.17, 15) is 0 Å². The quantitative estimate of drug-likeness (QED) is 0.301. The molecule has 5 nitrogen and oxygen atoms in total. The molecule has 0 bridgehead atoms. The van der Waals surface area contributed by atoms with E-state index in [2.05, 4.69) is 26.6 Å². The molecular weight excluding hydrogens is 403 g/mol. The van der Waals surface area contributed by atoms with Gasteiger partial charge in [-0.05, 0) is 45.0 Å². The molecule has 1 saturated heterocycles. The Hall–Kier alpha value is -1.02. The van der Waals surface area contributed by atoms with E-state index < -0.39 is 0 Å². The Morgan fingerprint density at radius 2 is 1.96 bits per heavy atom. The van der Waals surface area contributed by atoms with Crippen LogP contribution in [0.2, 0.25) is 0 Å². The molecule has 1 aromatic rings. The highest BCUT2D eigenvalue weighted by atomic mass is 127. The van der Waals surface area contributed by atoms with Gasteiger partial charge in [0.2, 0.25) is 0 Å². The standard InChI is InChI=1S/C17H28N4O.HI/c1-18-17(19-10-7-13-21-11-5-6-12-21)20-14-15-8-3-4-9-16(15)22-2;/h3-4,8-9H,5-7,10-14H2,1-2H3,(H2,18,19,20);1H. The minimum atomic E-state index is 0. The van der Waals surface area contributed by atoms with Gasteiger partial charge in [0.15, 0.2) is 5.96 Å². The zero-order valence-corrected chi connectivity index (χ0v) is 16.5. The van der Waals surface area contributed by atoms with E-state index in [4.69, 9.17) is 4.74 Å². The zero-order valence-electron chi connectivity index (χ0n) is 14.2. The second-order valence-electron chi connectivity index (χ2n) is 5.57. The van der Waals surface area contributed by atoms with Gasteiger partial charge in [-0.3, -0.25) is 4.99 Å². The van der Waals surface area contributed by atoms with E-state index in [0.717, 1.165) is 30.2 Å². The molecule has 1 aliphatic rings. The van der Waals surface area contributed by atoms with Gasteiger partial charge in [-0.15, -0.1) is 24.0 Å². The van der Waals surface area contributed by atoms with Crippen LogP contribution in [0.15, 0.2) is 29.3 Å². The van der Waals surface area contributed by atoms with Crippen molar-refractivity contribution in [3.8, 4) is 5.75 Å². The minimum Gasteiger partial charge on any atom is -0.496 e. The Kier molecular flexibility index (Phi) is 10.0. The first-order valence-corrected chi connectivity index (χ1v) is 8.12. The topological polar surface area (TPSA) is 48.9 Å². The van der Waals surface area contributed by atoms with Crippen molar-refractivity contribution in [1.29, 1.82) is 0 Å². The number of hydrogen-bond donors (Lipinski definition) is 2. The Balaban J connectivity index is 0.00000264. The molecule has 2 N–H and O–H groups in total. The molecule has 0 radical (unpaired) electrons. The predicted octanol–water partition coefficient (Wildman–Crippen LogP) is 2.46. The summed E-state index contributed by atoms with van der Waals surface area (Å²) in [5.74, 6) is 1.74. The van der Waals surface area contributed by atoms with Gasteiger partial charge >= 0.3 is 0 Å². The lowest BCUT2D eigenvalue weighted by atomic mass is 10.2. The molecule has 2 rings (SSSR count). The summed E-state index contributed by atoms with van der Waals surface area (Å²) in [5.41, 5.74) is 1.13. The molecule has 1 aliphatic heterocycles. The van der Waals surface area contributed by atoms with Gasteiger partial charge in [-0.25, -0.2) is 0 Å². The number of rotatable bonds is 7. The molecule has 1 fully saturated rings. The molecule has 0 atom stereocenters. The maximum absolute atomic E-state index is 5.36. The summed E-state index contributed by atoms with van der Waals surface area (Å²) in [5, 5.41) is 6.71. The van der Waals surface area contributed by atoms with Crippen molar-refractivity contribution in [2.24, 2.45) is 4.99 Å². The van der Waals surface area contributed by atoms with Crippen molar-refractivity contribution in [2.75, 3.05) is 40.3 Å². The minimum absolute atomic E-state index is 0. The third kappa shape index (κ3) is 6.95. The van der Waals surface area contributed by atoms with E-state index in [0.29, 0.717) is 6.54 Å². The molecular formula is C17H29IN4O. The molecule has 0 aliphatic carbocycles. The van der Waals surface area contributed by atoms with Crippen molar-refractivity contribution in [1.82, 2.24) is 15.5 Å². The number of nitrogens with zero attached hydrogens (tertiary/aromatic N) is 2. The summed E-state index contributed by atoms with van der Waals surface area (Å²) in [6.45, 7) is 5.36. The first-order valence-electron chi connectivity index (χ1n) is 8.12. The normalized spacial score (nSPS) is 15.1. The Morgan fingerprint density at radius 1 is 1.22 bits per heavy atom. The molecule has 0 amide bonds. The second kappa shape index (κ2) is 11.5. The van der Waals surface area contributed by atoms with Crippen molar-refractivity contribution < 1.29 is 4.74 Å². The number of likely N-dealkylation sites (tertiary alicyclic amines) is 1. The number of ether oxygens (including phenoxy) is 1. The van der Waals surface area contributed by atoms with Crippen LogP contribution in [0.5, 0.6) is 5.75 Å². The van der Waals surface area contributed by atoms with Crippen LogP contribution in [0.4, 0.5) is 0 Å². The highest BCUT2D eigenvalue weighted by Crippen LogP contribution is 2.16. The lowest BCUT2D eigenvalue weighted by Gasteiger charge is -2.16. The maximum atomic E-state index is 5.36. The van der Waals surface area contributed by atoms with Crippen LogP contribution in [0, 0.1) is 0 Å². The van der Waals surface area contributed by atoms with Crippen molar-refractivity contribution >= 4 is 29.9 Å². The van der Waals surface area contributed by atoms with Crippen LogP contribution >= 0.6 is 24.0 Å². The molecule has 0 aromatic heterocycles. The van der Waals surface area contributed by atoms with Crippen LogP contribution < -0.4 is 15.4 Å². The lowest BCUT2D eigenvalue weighted by Crippen LogP contribution is -2.38. The number of guanidine groups is 1. The smallest absolute Gasteiger partial charge is 0.191 e. The highest BCUT2D eigenvalue weighted by molar-refractivity contribution is 14.0. The molecule has 130 valence electrons. The van der Waals surface area contributed by atoms with Gasteiger partial charge in [0.1, 0.15) is 5.75 Å². The van der Waals surface area contributed by atoms with Crippen LogP contribution in [-0.4, -0.2) is 51.2 Å². The summed E-state index contributed by atoms with van der Waals surface area (Å²) >= 11 is 0. The first kappa shape index (κ1) is 20.0. The number of methoxy groups -OCH3 is 1. The third-order valence-corrected chi connectivity index (χ3v) is 4.00. The number of halogens is 1. The molecule has 0 saturated carbocycles. The number of nitrogens with one attached hydrogen (secondary N) is 2. The Labute approximate surface area is 156 Å². The third-order valence-electron chi connectivity index (χ3n) is 4.00. The highest BCUT2D eigenvalue weighted by Gasteiger charge is 2.10. The van der Waals surface area contributed by atoms with Crippen molar-refractivity contribution in [3.05, 3.63) is 29.8 Å². The van der Waals surface area contributed by atoms with Gasteiger partial charge in [-0.1, -0.05) is 18.2 Å². The van der Waals surface area contributed by atoms with Crippen LogP contribution in [0.25, 0.3) is 0 Å². The van der Waals surface area contributed by atoms with Crippen LogP contribution in [0.1, 0.15) is 24.8 Å². The largest absolute Gasteiger partial charge is 0.496 e. The number of aliphatic imine (C=N–C) groups is 1. The van der Waals surface area contributed by atoms with Crippen LogP contribution in [-0.2, 0) is 6.54 Å². The molecule has 6 heteroatoms. The maximum Gasteiger partial charge on any atom is 0.191 e. The summed E-state index contributed by atoms with van der Waals surface area (Å²) in [4.78, 5) is 6.80. The van der Waals surface area contributed by atoms with Gasteiger partial charge in [0.05, 0.1) is 7.11 Å². The lowest BCUT2D eigenvalue weighted by molar-refractivity contribution is 0.334. The fourth-order valence-electron chi connectivity index (χ4n) is 2.76. The number of benzene rings is 1. The number of para-hydroxylation sites is 1. The van der Waals surface area contributed by atoms with Gasteiger partial charge < -0.3 is 20.3 Å². The Morgan fingerprint density at radius 3 is 2.65 bits per heavy atom. The summed E-state index contributed by atoms with van der Waals surface area (Å²) in [7, 11) is 3.50. The zero-order chi connectivity index (χ0) is 15.6. The van der Waals surface area contributed by atoms with E-state index in [1.807, 2.05) is 18.2 Å². The first-order chi connectivity index (χ1) is 10.8. The van der Waals surface area contributed by atoms with E-state index in [-0.39, 0.29) is 24.0 Å². The van der Waals surface area contributed by atoms with E-state index in [1.165, 1.54) is 32.5 Å².